The SMILES string of the molecule is CCOc1ccc(-c2ccc(CN(C)[C@@H](C)c3ccncn3)o2)cc1. The molecule has 0 amide bonds. The lowest BCUT2D eigenvalue weighted by Gasteiger charge is -2.22. The monoisotopic (exact) mass is 337 g/mol. The van der Waals surface area contributed by atoms with Crippen LogP contribution in [0, 0.1) is 0 Å². The summed E-state index contributed by atoms with van der Waals surface area (Å²) in [5.41, 5.74) is 2.04. The minimum absolute atomic E-state index is 0.182. The molecule has 0 spiro atoms. The summed E-state index contributed by atoms with van der Waals surface area (Å²) in [6.45, 7) is 5.48. The summed E-state index contributed by atoms with van der Waals surface area (Å²) in [6.07, 6.45) is 3.35. The zero-order chi connectivity index (χ0) is 17.6. The highest BCUT2D eigenvalue weighted by molar-refractivity contribution is 5.58. The number of ether oxygens (including phenoxy) is 1. The van der Waals surface area contributed by atoms with E-state index < -0.39 is 0 Å². The van der Waals surface area contributed by atoms with Gasteiger partial charge in [0.1, 0.15) is 23.6 Å². The van der Waals surface area contributed by atoms with Gasteiger partial charge in [-0.05, 0) is 63.4 Å². The normalized spacial score (nSPS) is 12.3. The highest BCUT2D eigenvalue weighted by Crippen LogP contribution is 2.26. The third-order valence-corrected chi connectivity index (χ3v) is 4.21. The summed E-state index contributed by atoms with van der Waals surface area (Å²) in [6, 6.07) is 14.1. The first-order chi connectivity index (χ1) is 12.2. The van der Waals surface area contributed by atoms with Gasteiger partial charge in [0.2, 0.25) is 0 Å². The Balaban J connectivity index is 1.67. The van der Waals surface area contributed by atoms with Gasteiger partial charge in [-0.3, -0.25) is 4.90 Å². The van der Waals surface area contributed by atoms with Crippen molar-refractivity contribution in [3.05, 3.63) is 66.4 Å². The van der Waals surface area contributed by atoms with Crippen LogP contribution in [0.5, 0.6) is 5.75 Å². The number of hydrogen-bond acceptors (Lipinski definition) is 5. The van der Waals surface area contributed by atoms with E-state index in [4.69, 9.17) is 9.15 Å². The van der Waals surface area contributed by atoms with E-state index in [1.165, 1.54) is 0 Å². The number of rotatable bonds is 7. The van der Waals surface area contributed by atoms with E-state index >= 15 is 0 Å². The number of aromatic nitrogens is 2. The fraction of sp³-hybridized carbons (Fsp3) is 0.300. The Kier molecular flexibility index (Phi) is 5.46. The molecule has 0 saturated heterocycles. The van der Waals surface area contributed by atoms with Gasteiger partial charge in [-0.1, -0.05) is 0 Å². The van der Waals surface area contributed by atoms with Crippen molar-refractivity contribution >= 4 is 0 Å². The number of benzene rings is 1. The molecular weight excluding hydrogens is 314 g/mol. The van der Waals surface area contributed by atoms with Crippen molar-refractivity contribution in [1.82, 2.24) is 14.9 Å². The van der Waals surface area contributed by atoms with E-state index in [1.807, 2.05) is 49.4 Å². The molecule has 3 rings (SSSR count). The molecule has 0 unspecified atom stereocenters. The molecule has 25 heavy (non-hydrogen) atoms. The van der Waals surface area contributed by atoms with Crippen molar-refractivity contribution in [1.29, 1.82) is 0 Å². The van der Waals surface area contributed by atoms with Gasteiger partial charge in [0.15, 0.2) is 0 Å². The van der Waals surface area contributed by atoms with Crippen molar-refractivity contribution in [3.63, 3.8) is 0 Å². The Morgan fingerprint density at radius 1 is 1.12 bits per heavy atom. The molecule has 2 aromatic heterocycles. The molecular formula is C20H23N3O2. The predicted molar refractivity (Wildman–Crippen MR) is 97.2 cm³/mol. The van der Waals surface area contributed by atoms with Gasteiger partial charge < -0.3 is 9.15 Å². The standard InChI is InChI=1S/C20H23N3O2/c1-4-24-17-7-5-16(6-8-17)20-10-9-18(25-20)13-23(3)15(2)19-11-12-21-14-22-19/h5-12,14-15H,4,13H2,1-3H3/t15-/m0/s1. The third-order valence-electron chi connectivity index (χ3n) is 4.21. The second-order valence-electron chi connectivity index (χ2n) is 5.95. The molecule has 3 aromatic rings. The minimum atomic E-state index is 0.182. The van der Waals surface area contributed by atoms with Crippen LogP contribution < -0.4 is 4.74 Å². The third kappa shape index (κ3) is 4.25. The maximum Gasteiger partial charge on any atom is 0.134 e. The lowest BCUT2D eigenvalue weighted by molar-refractivity contribution is 0.229. The predicted octanol–water partition coefficient (Wildman–Crippen LogP) is 4.33. The number of hydrogen-bond donors (Lipinski definition) is 0. The first kappa shape index (κ1) is 17.2. The molecule has 5 heteroatoms. The van der Waals surface area contributed by atoms with Crippen LogP contribution in [0.3, 0.4) is 0 Å². The van der Waals surface area contributed by atoms with E-state index in [1.54, 1.807) is 12.5 Å². The number of nitrogens with zero attached hydrogens (tertiary/aromatic N) is 3. The van der Waals surface area contributed by atoms with Crippen molar-refractivity contribution in [2.45, 2.75) is 26.4 Å². The summed E-state index contributed by atoms with van der Waals surface area (Å²) in [5.74, 6) is 2.66. The van der Waals surface area contributed by atoms with Gasteiger partial charge in [-0.2, -0.15) is 0 Å². The molecule has 130 valence electrons. The van der Waals surface area contributed by atoms with Crippen LogP contribution in [0.2, 0.25) is 0 Å². The smallest absolute Gasteiger partial charge is 0.134 e. The molecule has 2 heterocycles. The Bertz CT molecular complexity index is 784. The molecule has 1 atom stereocenters. The fourth-order valence-corrected chi connectivity index (χ4v) is 2.66. The van der Waals surface area contributed by atoms with Gasteiger partial charge in [-0.15, -0.1) is 0 Å². The minimum Gasteiger partial charge on any atom is -0.494 e. The summed E-state index contributed by atoms with van der Waals surface area (Å²) in [7, 11) is 2.06. The van der Waals surface area contributed by atoms with E-state index in [0.29, 0.717) is 13.2 Å². The Morgan fingerprint density at radius 2 is 1.92 bits per heavy atom. The molecule has 0 saturated carbocycles. The number of furan rings is 1. The topological polar surface area (TPSA) is 51.4 Å². The van der Waals surface area contributed by atoms with Crippen LogP contribution in [0.4, 0.5) is 0 Å². The summed E-state index contributed by atoms with van der Waals surface area (Å²) < 4.78 is 11.5. The van der Waals surface area contributed by atoms with E-state index in [2.05, 4.69) is 28.8 Å². The van der Waals surface area contributed by atoms with Crippen molar-refractivity contribution in [2.24, 2.45) is 0 Å². The Hall–Kier alpha value is -2.66. The zero-order valence-corrected chi connectivity index (χ0v) is 14.8. The highest BCUT2D eigenvalue weighted by atomic mass is 16.5. The fourth-order valence-electron chi connectivity index (χ4n) is 2.66. The van der Waals surface area contributed by atoms with Crippen LogP contribution in [-0.2, 0) is 6.54 Å². The van der Waals surface area contributed by atoms with Crippen LogP contribution in [-0.4, -0.2) is 28.5 Å². The highest BCUT2D eigenvalue weighted by Gasteiger charge is 2.15. The van der Waals surface area contributed by atoms with Crippen molar-refractivity contribution in [3.8, 4) is 17.1 Å². The average Bonchev–Trinajstić information content (AvgIpc) is 3.11. The molecule has 0 fully saturated rings. The molecule has 0 N–H and O–H groups in total. The Morgan fingerprint density at radius 3 is 2.60 bits per heavy atom. The summed E-state index contributed by atoms with van der Waals surface area (Å²) in [5, 5.41) is 0. The average molecular weight is 337 g/mol. The molecule has 0 radical (unpaired) electrons. The molecule has 0 aliphatic rings. The maximum absolute atomic E-state index is 6.01. The lowest BCUT2D eigenvalue weighted by atomic mass is 10.2. The van der Waals surface area contributed by atoms with Crippen molar-refractivity contribution < 1.29 is 9.15 Å². The second-order valence-corrected chi connectivity index (χ2v) is 5.95. The van der Waals surface area contributed by atoms with Crippen molar-refractivity contribution in [2.75, 3.05) is 13.7 Å². The van der Waals surface area contributed by atoms with Gasteiger partial charge in [0.25, 0.3) is 0 Å². The summed E-state index contributed by atoms with van der Waals surface area (Å²) in [4.78, 5) is 10.5. The largest absolute Gasteiger partial charge is 0.494 e. The molecule has 1 aromatic carbocycles. The zero-order valence-electron chi connectivity index (χ0n) is 14.8. The molecule has 0 aliphatic carbocycles. The van der Waals surface area contributed by atoms with Crippen LogP contribution in [0.1, 0.15) is 31.3 Å². The lowest BCUT2D eigenvalue weighted by Crippen LogP contribution is -2.22. The quantitative estimate of drug-likeness (QED) is 0.642. The van der Waals surface area contributed by atoms with Gasteiger partial charge in [0, 0.05) is 17.8 Å². The maximum atomic E-state index is 6.01. The first-order valence-corrected chi connectivity index (χ1v) is 8.45. The van der Waals surface area contributed by atoms with E-state index in [9.17, 15) is 0 Å². The first-order valence-electron chi connectivity index (χ1n) is 8.45. The summed E-state index contributed by atoms with van der Waals surface area (Å²) >= 11 is 0. The van der Waals surface area contributed by atoms with Gasteiger partial charge in [-0.25, -0.2) is 9.97 Å². The van der Waals surface area contributed by atoms with Crippen LogP contribution >= 0.6 is 0 Å². The second kappa shape index (κ2) is 7.94. The van der Waals surface area contributed by atoms with Crippen LogP contribution in [0.15, 0.2) is 59.4 Å². The molecule has 5 nitrogen and oxygen atoms in total. The van der Waals surface area contributed by atoms with E-state index in [-0.39, 0.29) is 6.04 Å². The van der Waals surface area contributed by atoms with E-state index in [0.717, 1.165) is 28.5 Å². The van der Waals surface area contributed by atoms with Gasteiger partial charge in [0.05, 0.1) is 18.8 Å². The molecule has 0 aliphatic heterocycles. The van der Waals surface area contributed by atoms with Gasteiger partial charge >= 0.3 is 0 Å². The Labute approximate surface area is 148 Å². The van der Waals surface area contributed by atoms with Crippen LogP contribution in [0.25, 0.3) is 11.3 Å². The molecule has 0 bridgehead atoms.